The van der Waals surface area contributed by atoms with E-state index < -0.39 is 0 Å². The van der Waals surface area contributed by atoms with Gasteiger partial charge in [-0.25, -0.2) is 9.67 Å². The van der Waals surface area contributed by atoms with E-state index in [1.54, 1.807) is 4.68 Å². The zero-order chi connectivity index (χ0) is 19.9. The van der Waals surface area contributed by atoms with Gasteiger partial charge in [-0.3, -0.25) is 9.69 Å². The van der Waals surface area contributed by atoms with Crippen LogP contribution in [0.2, 0.25) is 0 Å². The largest absolute Gasteiger partial charge is 0.379 e. The molecule has 7 nitrogen and oxygen atoms in total. The first-order chi connectivity index (χ1) is 14.3. The molecule has 2 aromatic carbocycles. The summed E-state index contributed by atoms with van der Waals surface area (Å²) in [7, 11) is 0. The normalized spacial score (nSPS) is 14.6. The van der Waals surface area contributed by atoms with Gasteiger partial charge in [0.25, 0.3) is 5.91 Å². The fourth-order valence-corrected chi connectivity index (χ4v) is 3.34. The number of hydrogen-bond acceptors (Lipinski definition) is 5. The molecule has 0 spiro atoms. The third-order valence-corrected chi connectivity index (χ3v) is 4.90. The molecule has 0 unspecified atom stereocenters. The second kappa shape index (κ2) is 9.45. The molecular formula is C22H25N5O2. The van der Waals surface area contributed by atoms with Gasteiger partial charge in [-0.15, -0.1) is 5.10 Å². The van der Waals surface area contributed by atoms with E-state index in [2.05, 4.69) is 20.3 Å². The average molecular weight is 391 g/mol. The Bertz CT molecular complexity index is 921. The lowest BCUT2D eigenvalue weighted by Gasteiger charge is -2.26. The molecule has 1 saturated heterocycles. The van der Waals surface area contributed by atoms with E-state index in [0.717, 1.165) is 49.9 Å². The highest BCUT2D eigenvalue weighted by molar-refractivity contribution is 5.90. The lowest BCUT2D eigenvalue weighted by atomic mass is 10.1. The van der Waals surface area contributed by atoms with E-state index in [0.29, 0.717) is 13.0 Å². The second-order valence-corrected chi connectivity index (χ2v) is 6.97. The van der Waals surface area contributed by atoms with Gasteiger partial charge in [0.2, 0.25) is 5.82 Å². The maximum Gasteiger partial charge on any atom is 0.291 e. The van der Waals surface area contributed by atoms with E-state index in [1.165, 1.54) is 0 Å². The van der Waals surface area contributed by atoms with Crippen molar-refractivity contribution in [2.24, 2.45) is 0 Å². The Kier molecular flexibility index (Phi) is 6.29. The number of para-hydroxylation sites is 1. The zero-order valence-corrected chi connectivity index (χ0v) is 16.3. The van der Waals surface area contributed by atoms with Crippen molar-refractivity contribution < 1.29 is 9.53 Å². The van der Waals surface area contributed by atoms with Gasteiger partial charge in [-0.05, 0) is 17.7 Å². The number of ether oxygens (including phenoxy) is 1. The lowest BCUT2D eigenvalue weighted by Crippen LogP contribution is -2.41. The maximum absolute atomic E-state index is 12.6. The third kappa shape index (κ3) is 5.07. The van der Waals surface area contributed by atoms with Crippen molar-refractivity contribution in [3.8, 4) is 5.69 Å². The highest BCUT2D eigenvalue weighted by atomic mass is 16.5. The van der Waals surface area contributed by atoms with E-state index >= 15 is 0 Å². The van der Waals surface area contributed by atoms with Crippen LogP contribution in [0.3, 0.4) is 0 Å². The van der Waals surface area contributed by atoms with Crippen molar-refractivity contribution >= 4 is 5.91 Å². The van der Waals surface area contributed by atoms with E-state index in [4.69, 9.17) is 4.74 Å². The summed E-state index contributed by atoms with van der Waals surface area (Å²) in [5.74, 6) is 0.685. The van der Waals surface area contributed by atoms with Crippen LogP contribution in [0.4, 0.5) is 0 Å². The van der Waals surface area contributed by atoms with Crippen LogP contribution in [0.1, 0.15) is 22.0 Å². The predicted molar refractivity (Wildman–Crippen MR) is 110 cm³/mol. The van der Waals surface area contributed by atoms with Gasteiger partial charge in [-0.1, -0.05) is 48.5 Å². The molecule has 1 N–H and O–H groups in total. The molecule has 1 aliphatic heterocycles. The minimum Gasteiger partial charge on any atom is -0.379 e. The molecule has 4 rings (SSSR count). The monoisotopic (exact) mass is 391 g/mol. The number of morpholine rings is 1. The predicted octanol–water partition coefficient (Wildman–Crippen LogP) is 1.92. The van der Waals surface area contributed by atoms with Gasteiger partial charge >= 0.3 is 0 Å². The summed E-state index contributed by atoms with van der Waals surface area (Å²) in [4.78, 5) is 19.5. The number of benzene rings is 2. The Morgan fingerprint density at radius 3 is 2.41 bits per heavy atom. The van der Waals surface area contributed by atoms with Gasteiger partial charge in [0.15, 0.2) is 0 Å². The van der Waals surface area contributed by atoms with Crippen LogP contribution >= 0.6 is 0 Å². The Balaban J connectivity index is 1.48. The standard InChI is InChI=1S/C22H25N5O2/c28-22(23-11-12-26-13-15-29-16-14-26)21-24-20(17-18-7-3-1-4-8-18)27(25-21)19-9-5-2-6-10-19/h1-10H,11-17H2,(H,23,28). The Hall–Kier alpha value is -3.03. The molecule has 0 bridgehead atoms. The maximum atomic E-state index is 12.6. The number of hydrogen-bond donors (Lipinski definition) is 1. The first kappa shape index (κ1) is 19.3. The molecule has 0 saturated carbocycles. The number of carbonyl (C=O) groups is 1. The molecule has 1 amide bonds. The minimum atomic E-state index is -0.248. The van der Waals surface area contributed by atoms with Crippen molar-refractivity contribution in [1.29, 1.82) is 0 Å². The number of nitrogens with zero attached hydrogens (tertiary/aromatic N) is 4. The van der Waals surface area contributed by atoms with Gasteiger partial charge in [0.1, 0.15) is 5.82 Å². The molecule has 2 heterocycles. The molecule has 1 aromatic heterocycles. The minimum absolute atomic E-state index is 0.196. The molecule has 3 aromatic rings. The van der Waals surface area contributed by atoms with Crippen LogP contribution in [0.5, 0.6) is 0 Å². The van der Waals surface area contributed by atoms with Crippen LogP contribution in [0, 0.1) is 0 Å². The van der Waals surface area contributed by atoms with E-state index in [1.807, 2.05) is 60.7 Å². The number of rotatable bonds is 7. The van der Waals surface area contributed by atoms with Crippen molar-refractivity contribution in [1.82, 2.24) is 25.0 Å². The Morgan fingerprint density at radius 1 is 1.00 bits per heavy atom. The van der Waals surface area contributed by atoms with Crippen LogP contribution in [-0.2, 0) is 11.2 Å². The first-order valence-corrected chi connectivity index (χ1v) is 9.93. The lowest BCUT2D eigenvalue weighted by molar-refractivity contribution is 0.0383. The Morgan fingerprint density at radius 2 is 1.69 bits per heavy atom. The highest BCUT2D eigenvalue weighted by Crippen LogP contribution is 2.14. The smallest absolute Gasteiger partial charge is 0.291 e. The summed E-state index contributed by atoms with van der Waals surface area (Å²) in [6, 6.07) is 19.9. The zero-order valence-electron chi connectivity index (χ0n) is 16.3. The highest BCUT2D eigenvalue weighted by Gasteiger charge is 2.18. The molecule has 29 heavy (non-hydrogen) atoms. The molecule has 150 valence electrons. The number of nitrogens with one attached hydrogen (secondary N) is 1. The first-order valence-electron chi connectivity index (χ1n) is 9.93. The number of aromatic nitrogens is 3. The van der Waals surface area contributed by atoms with Gasteiger partial charge in [0.05, 0.1) is 18.9 Å². The van der Waals surface area contributed by atoms with E-state index in [-0.39, 0.29) is 11.7 Å². The molecular weight excluding hydrogens is 366 g/mol. The third-order valence-electron chi connectivity index (χ3n) is 4.90. The Labute approximate surface area is 170 Å². The fraction of sp³-hybridized carbons (Fsp3) is 0.318. The second-order valence-electron chi connectivity index (χ2n) is 6.97. The summed E-state index contributed by atoms with van der Waals surface area (Å²) in [6.45, 7) is 4.66. The van der Waals surface area contributed by atoms with Gasteiger partial charge < -0.3 is 10.1 Å². The summed E-state index contributed by atoms with van der Waals surface area (Å²) in [5.41, 5.74) is 2.01. The molecule has 1 aliphatic rings. The van der Waals surface area contributed by atoms with Crippen LogP contribution in [-0.4, -0.2) is 65.0 Å². The van der Waals surface area contributed by atoms with Gasteiger partial charge in [-0.2, -0.15) is 0 Å². The summed E-state index contributed by atoms with van der Waals surface area (Å²) >= 11 is 0. The van der Waals surface area contributed by atoms with Crippen LogP contribution in [0.25, 0.3) is 5.69 Å². The summed E-state index contributed by atoms with van der Waals surface area (Å²) < 4.78 is 7.11. The number of carbonyl (C=O) groups excluding carboxylic acids is 1. The molecule has 0 radical (unpaired) electrons. The van der Waals surface area contributed by atoms with Crippen LogP contribution < -0.4 is 5.32 Å². The SMILES string of the molecule is O=C(NCCN1CCOCC1)c1nc(Cc2ccccc2)n(-c2ccccc2)n1. The molecule has 0 atom stereocenters. The summed E-state index contributed by atoms with van der Waals surface area (Å²) in [5, 5.41) is 7.44. The summed E-state index contributed by atoms with van der Waals surface area (Å²) in [6.07, 6.45) is 0.601. The van der Waals surface area contributed by atoms with Crippen molar-refractivity contribution in [3.63, 3.8) is 0 Å². The fourth-order valence-electron chi connectivity index (χ4n) is 3.34. The van der Waals surface area contributed by atoms with Gasteiger partial charge in [0, 0.05) is 32.6 Å². The van der Waals surface area contributed by atoms with E-state index in [9.17, 15) is 4.79 Å². The van der Waals surface area contributed by atoms with Crippen molar-refractivity contribution in [3.05, 3.63) is 77.9 Å². The number of amides is 1. The molecule has 0 aliphatic carbocycles. The van der Waals surface area contributed by atoms with Crippen LogP contribution in [0.15, 0.2) is 60.7 Å². The average Bonchev–Trinajstić information content (AvgIpc) is 3.20. The molecule has 1 fully saturated rings. The van der Waals surface area contributed by atoms with Crippen molar-refractivity contribution in [2.75, 3.05) is 39.4 Å². The van der Waals surface area contributed by atoms with Crippen molar-refractivity contribution in [2.45, 2.75) is 6.42 Å². The topological polar surface area (TPSA) is 72.3 Å². The quantitative estimate of drug-likeness (QED) is 0.666. The molecule has 7 heteroatoms.